The van der Waals surface area contributed by atoms with Gasteiger partial charge < -0.3 is 9.64 Å². The number of methoxy groups -OCH3 is 1. The monoisotopic (exact) mass is 306 g/mol. The highest BCUT2D eigenvalue weighted by Gasteiger charge is 2.34. The Morgan fingerprint density at radius 2 is 2.43 bits per heavy atom. The second kappa shape index (κ2) is 5.95. The molecule has 0 saturated carbocycles. The molecule has 2 aromatic rings. The molecule has 112 valence electrons. The van der Waals surface area contributed by atoms with Crippen LogP contribution in [0.1, 0.15) is 34.7 Å². The molecule has 1 atom stereocenters. The molecule has 1 amide bonds. The van der Waals surface area contributed by atoms with Crippen molar-refractivity contribution in [3.63, 3.8) is 0 Å². The minimum atomic E-state index is -0.101. The number of rotatable bonds is 4. The maximum atomic E-state index is 12.7. The third-order valence-corrected chi connectivity index (χ3v) is 4.40. The number of carbonyl (C=O) groups is 1. The molecule has 6 nitrogen and oxygen atoms in total. The number of fused-ring (bicyclic) bond motifs is 1. The average molecular weight is 306 g/mol. The van der Waals surface area contributed by atoms with E-state index in [0.717, 1.165) is 18.7 Å². The van der Waals surface area contributed by atoms with Gasteiger partial charge in [-0.15, -0.1) is 11.3 Å². The maximum absolute atomic E-state index is 12.7. The number of carbonyl (C=O) groups excluding carboxylic acids is 1. The molecule has 0 aliphatic carbocycles. The topological polar surface area (TPSA) is 60.2 Å². The van der Waals surface area contributed by atoms with Gasteiger partial charge in [-0.3, -0.25) is 9.48 Å². The lowest BCUT2D eigenvalue weighted by Crippen LogP contribution is -2.42. The van der Waals surface area contributed by atoms with Crippen LogP contribution in [0, 0.1) is 0 Å². The number of hydrogen-bond acceptors (Lipinski definition) is 5. The number of hydrogen-bond donors (Lipinski definition) is 0. The lowest BCUT2D eigenvalue weighted by Gasteiger charge is -2.35. The molecular formula is C14H18N4O2S. The fourth-order valence-electron chi connectivity index (χ4n) is 2.84. The first-order chi connectivity index (χ1) is 10.3. The second-order valence-corrected chi connectivity index (χ2v) is 5.68. The quantitative estimate of drug-likeness (QED) is 0.863. The summed E-state index contributed by atoms with van der Waals surface area (Å²) in [7, 11) is 1.66. The molecule has 0 bridgehead atoms. The highest BCUT2D eigenvalue weighted by molar-refractivity contribution is 7.07. The molecule has 0 saturated heterocycles. The van der Waals surface area contributed by atoms with Crippen LogP contribution in [0.25, 0.3) is 0 Å². The molecule has 0 radical (unpaired) electrons. The summed E-state index contributed by atoms with van der Waals surface area (Å²) in [5, 5.41) is 6.21. The Hall–Kier alpha value is -1.73. The van der Waals surface area contributed by atoms with Crippen LogP contribution in [-0.4, -0.2) is 45.8 Å². The molecular weight excluding hydrogens is 288 g/mol. The normalized spacial score (nSPS) is 17.8. The van der Waals surface area contributed by atoms with E-state index in [1.165, 1.54) is 16.9 Å². The summed E-state index contributed by atoms with van der Waals surface area (Å²) in [5.74, 6) is -0.0344. The van der Waals surface area contributed by atoms with Gasteiger partial charge in [0.1, 0.15) is 5.69 Å². The Kier molecular flexibility index (Phi) is 4.03. The molecule has 1 aliphatic rings. The standard InChI is InChI=1S/C14H18N4O2S/c1-3-18-13-10(6-16-18)4-5-17(12(13)7-20-2)14(19)11-8-21-9-15-11/h6,8-9,12H,3-5,7H2,1-2H3/t12-/m0/s1. The lowest BCUT2D eigenvalue weighted by atomic mass is 9.99. The van der Waals surface area contributed by atoms with E-state index >= 15 is 0 Å². The number of amides is 1. The van der Waals surface area contributed by atoms with Crippen LogP contribution in [0.15, 0.2) is 17.1 Å². The summed E-state index contributed by atoms with van der Waals surface area (Å²) in [6.45, 7) is 3.98. The number of ether oxygens (including phenoxy) is 1. The van der Waals surface area contributed by atoms with Crippen LogP contribution in [0.3, 0.4) is 0 Å². The predicted octanol–water partition coefficient (Wildman–Crippen LogP) is 1.75. The predicted molar refractivity (Wildman–Crippen MR) is 79.4 cm³/mol. The minimum absolute atomic E-state index is 0.0344. The average Bonchev–Trinajstić information content (AvgIpc) is 3.16. The van der Waals surface area contributed by atoms with E-state index in [4.69, 9.17) is 4.74 Å². The summed E-state index contributed by atoms with van der Waals surface area (Å²) < 4.78 is 7.31. The van der Waals surface area contributed by atoms with Crippen molar-refractivity contribution in [2.45, 2.75) is 25.9 Å². The van der Waals surface area contributed by atoms with Gasteiger partial charge in [0.15, 0.2) is 0 Å². The van der Waals surface area contributed by atoms with Crippen molar-refractivity contribution >= 4 is 17.2 Å². The molecule has 3 heterocycles. The van der Waals surface area contributed by atoms with Crippen molar-refractivity contribution in [2.24, 2.45) is 0 Å². The molecule has 3 rings (SSSR count). The van der Waals surface area contributed by atoms with Crippen LogP contribution < -0.4 is 0 Å². The van der Waals surface area contributed by atoms with Crippen LogP contribution in [0.5, 0.6) is 0 Å². The van der Waals surface area contributed by atoms with E-state index in [9.17, 15) is 4.79 Å². The highest BCUT2D eigenvalue weighted by atomic mass is 32.1. The summed E-state index contributed by atoms with van der Waals surface area (Å²) in [6, 6.07) is -0.101. The summed E-state index contributed by atoms with van der Waals surface area (Å²) in [4.78, 5) is 18.7. The lowest BCUT2D eigenvalue weighted by molar-refractivity contribution is 0.0478. The van der Waals surface area contributed by atoms with Crippen molar-refractivity contribution in [1.29, 1.82) is 0 Å². The molecule has 0 aromatic carbocycles. The fraction of sp³-hybridized carbons (Fsp3) is 0.500. The Labute approximate surface area is 127 Å². The molecule has 0 unspecified atom stereocenters. The molecule has 2 aromatic heterocycles. The van der Waals surface area contributed by atoms with Gasteiger partial charge in [0, 0.05) is 25.6 Å². The van der Waals surface area contributed by atoms with Crippen LogP contribution in [0.2, 0.25) is 0 Å². The zero-order valence-corrected chi connectivity index (χ0v) is 13.0. The van der Waals surface area contributed by atoms with Crippen LogP contribution in [-0.2, 0) is 17.7 Å². The zero-order valence-electron chi connectivity index (χ0n) is 12.2. The number of thiazole rings is 1. The van der Waals surface area contributed by atoms with Gasteiger partial charge in [-0.1, -0.05) is 0 Å². The van der Waals surface area contributed by atoms with Crippen LogP contribution >= 0.6 is 11.3 Å². The summed E-state index contributed by atoms with van der Waals surface area (Å²) in [6.07, 6.45) is 2.73. The fourth-order valence-corrected chi connectivity index (χ4v) is 3.37. The van der Waals surface area contributed by atoms with Crippen LogP contribution in [0.4, 0.5) is 0 Å². The third kappa shape index (κ3) is 2.47. The van der Waals surface area contributed by atoms with E-state index < -0.39 is 0 Å². The molecule has 1 aliphatic heterocycles. The number of nitrogens with zero attached hydrogens (tertiary/aromatic N) is 4. The Bertz CT molecular complexity index is 609. The molecule has 0 N–H and O–H groups in total. The first-order valence-electron chi connectivity index (χ1n) is 6.99. The van der Waals surface area contributed by atoms with Crippen molar-refractivity contribution in [3.8, 4) is 0 Å². The maximum Gasteiger partial charge on any atom is 0.273 e. The molecule has 0 fully saturated rings. The van der Waals surface area contributed by atoms with E-state index in [2.05, 4.69) is 17.0 Å². The molecule has 0 spiro atoms. The number of aromatic nitrogens is 3. The Morgan fingerprint density at radius 3 is 3.10 bits per heavy atom. The summed E-state index contributed by atoms with van der Waals surface area (Å²) in [5.41, 5.74) is 4.49. The number of aryl methyl sites for hydroxylation is 1. The first-order valence-corrected chi connectivity index (χ1v) is 7.93. The van der Waals surface area contributed by atoms with E-state index in [1.54, 1.807) is 18.0 Å². The molecule has 21 heavy (non-hydrogen) atoms. The zero-order chi connectivity index (χ0) is 14.8. The highest BCUT2D eigenvalue weighted by Crippen LogP contribution is 2.31. The summed E-state index contributed by atoms with van der Waals surface area (Å²) >= 11 is 1.43. The van der Waals surface area contributed by atoms with Gasteiger partial charge in [-0.05, 0) is 18.9 Å². The van der Waals surface area contributed by atoms with Gasteiger partial charge in [0.2, 0.25) is 0 Å². The van der Waals surface area contributed by atoms with Crippen molar-refractivity contribution in [2.75, 3.05) is 20.3 Å². The van der Waals surface area contributed by atoms with Crippen molar-refractivity contribution in [1.82, 2.24) is 19.7 Å². The smallest absolute Gasteiger partial charge is 0.273 e. The Morgan fingerprint density at radius 1 is 1.57 bits per heavy atom. The largest absolute Gasteiger partial charge is 0.382 e. The van der Waals surface area contributed by atoms with Gasteiger partial charge in [-0.2, -0.15) is 5.10 Å². The van der Waals surface area contributed by atoms with E-state index in [0.29, 0.717) is 18.8 Å². The SMILES string of the molecule is CCn1ncc2c1[C@H](COC)N(C(=O)c1cscn1)CC2. The third-order valence-electron chi connectivity index (χ3n) is 3.81. The van der Waals surface area contributed by atoms with E-state index in [1.807, 2.05) is 15.8 Å². The second-order valence-electron chi connectivity index (χ2n) is 4.96. The van der Waals surface area contributed by atoms with Gasteiger partial charge in [0.05, 0.1) is 30.1 Å². The van der Waals surface area contributed by atoms with Gasteiger partial charge in [-0.25, -0.2) is 4.98 Å². The van der Waals surface area contributed by atoms with Crippen molar-refractivity contribution in [3.05, 3.63) is 34.0 Å². The minimum Gasteiger partial charge on any atom is -0.382 e. The van der Waals surface area contributed by atoms with Gasteiger partial charge >= 0.3 is 0 Å². The molecule has 7 heteroatoms. The Balaban J connectivity index is 1.96. The van der Waals surface area contributed by atoms with Gasteiger partial charge in [0.25, 0.3) is 5.91 Å². The first kappa shape index (κ1) is 14.2. The van der Waals surface area contributed by atoms with Crippen molar-refractivity contribution < 1.29 is 9.53 Å². The van der Waals surface area contributed by atoms with E-state index in [-0.39, 0.29) is 11.9 Å².